The third-order valence-corrected chi connectivity index (χ3v) is 3.84. The zero-order valence-electron chi connectivity index (χ0n) is 14.8. The molecule has 1 heterocycles. The molecule has 27 heavy (non-hydrogen) atoms. The molecule has 0 fully saturated rings. The summed E-state index contributed by atoms with van der Waals surface area (Å²) < 4.78 is 0. The van der Waals surface area contributed by atoms with E-state index in [-0.39, 0.29) is 23.1 Å². The van der Waals surface area contributed by atoms with Gasteiger partial charge in [-0.25, -0.2) is 4.79 Å². The summed E-state index contributed by atoms with van der Waals surface area (Å²) >= 11 is 0. The lowest BCUT2D eigenvalue weighted by Gasteiger charge is -2.10. The largest absolute Gasteiger partial charge is 0.478 e. The van der Waals surface area contributed by atoms with Gasteiger partial charge in [-0.1, -0.05) is 6.07 Å². The Morgan fingerprint density at radius 3 is 2.70 bits per heavy atom. The first-order chi connectivity index (χ1) is 12.8. The first-order valence-electron chi connectivity index (χ1n) is 8.22. The van der Waals surface area contributed by atoms with Gasteiger partial charge in [0, 0.05) is 23.9 Å². The number of nitrogens with one attached hydrogen (secondary N) is 2. The van der Waals surface area contributed by atoms with Crippen LogP contribution < -0.4 is 22.3 Å². The third-order valence-electron chi connectivity index (χ3n) is 3.84. The average Bonchev–Trinajstić information content (AvgIpc) is 2.58. The number of benzene rings is 1. The third kappa shape index (κ3) is 5.43. The van der Waals surface area contributed by atoms with Gasteiger partial charge < -0.3 is 21.9 Å². The van der Waals surface area contributed by atoms with E-state index in [1.807, 2.05) is 0 Å². The van der Waals surface area contributed by atoms with Crippen molar-refractivity contribution in [2.45, 2.75) is 19.8 Å². The van der Waals surface area contributed by atoms with Gasteiger partial charge in [0.05, 0.1) is 5.56 Å². The highest BCUT2D eigenvalue weighted by atomic mass is 16.4. The number of aliphatic carboxylic acids is 1. The average molecular weight is 371 g/mol. The van der Waals surface area contributed by atoms with E-state index >= 15 is 0 Å². The van der Waals surface area contributed by atoms with Crippen molar-refractivity contribution < 1.29 is 14.7 Å². The molecule has 0 radical (unpaired) electrons. The van der Waals surface area contributed by atoms with Crippen LogP contribution in [-0.2, 0) is 11.2 Å². The van der Waals surface area contributed by atoms with Crippen molar-refractivity contribution in [3.63, 3.8) is 0 Å². The summed E-state index contributed by atoms with van der Waals surface area (Å²) in [7, 11) is 0. The van der Waals surface area contributed by atoms with E-state index in [1.54, 1.807) is 18.2 Å². The summed E-state index contributed by atoms with van der Waals surface area (Å²) in [4.78, 5) is 40.5. The van der Waals surface area contributed by atoms with Crippen molar-refractivity contribution in [3.8, 4) is 0 Å². The Kier molecular flexibility index (Phi) is 6.32. The van der Waals surface area contributed by atoms with Gasteiger partial charge in [-0.05, 0) is 43.5 Å². The number of nitrogen functional groups attached to an aromatic ring is 2. The van der Waals surface area contributed by atoms with Crippen molar-refractivity contribution >= 4 is 35.3 Å². The maximum atomic E-state index is 11.8. The number of Topliss-reactive ketones (excluding diaryl/α,β-unsaturated/α-hetero) is 1. The standard InChI is InChI=1S/C18H21N5O4/c1-10(24)14-9-12(6-4-11(14)5-7-15(25)26)21-8-2-3-13-16(19)22-18(20)23-17(13)27/h4-7,9,21H,2-3,8H2,1H3,(H,25,26)(H5,19,20,22,23,27). The molecule has 1 aromatic carbocycles. The number of hydrogen-bond acceptors (Lipinski definition) is 7. The van der Waals surface area contributed by atoms with Crippen molar-refractivity contribution in [2.24, 2.45) is 0 Å². The van der Waals surface area contributed by atoms with Crippen LogP contribution in [0.3, 0.4) is 0 Å². The predicted molar refractivity (Wildman–Crippen MR) is 104 cm³/mol. The van der Waals surface area contributed by atoms with Crippen LogP contribution in [0.25, 0.3) is 6.08 Å². The smallest absolute Gasteiger partial charge is 0.328 e. The maximum Gasteiger partial charge on any atom is 0.328 e. The van der Waals surface area contributed by atoms with E-state index in [2.05, 4.69) is 15.3 Å². The monoisotopic (exact) mass is 371 g/mol. The number of nitrogens with zero attached hydrogens (tertiary/aromatic N) is 1. The molecule has 0 aliphatic carbocycles. The van der Waals surface area contributed by atoms with E-state index in [4.69, 9.17) is 16.6 Å². The molecule has 0 unspecified atom stereocenters. The number of nitrogens with two attached hydrogens (primary N) is 2. The van der Waals surface area contributed by atoms with Gasteiger partial charge in [-0.2, -0.15) is 4.98 Å². The van der Waals surface area contributed by atoms with Crippen LogP contribution in [0.2, 0.25) is 0 Å². The number of hydrogen-bond donors (Lipinski definition) is 5. The highest BCUT2D eigenvalue weighted by Gasteiger charge is 2.09. The van der Waals surface area contributed by atoms with Crippen molar-refractivity contribution in [1.82, 2.24) is 9.97 Å². The van der Waals surface area contributed by atoms with E-state index in [1.165, 1.54) is 13.0 Å². The lowest BCUT2D eigenvalue weighted by molar-refractivity contribution is -0.131. The Balaban J connectivity index is 2.02. The van der Waals surface area contributed by atoms with Crippen LogP contribution in [0.4, 0.5) is 17.5 Å². The zero-order valence-corrected chi connectivity index (χ0v) is 14.8. The molecule has 9 nitrogen and oxygen atoms in total. The molecule has 0 saturated carbocycles. The summed E-state index contributed by atoms with van der Waals surface area (Å²) in [5.74, 6) is -1.16. The molecule has 0 aliphatic rings. The van der Waals surface area contributed by atoms with Crippen LogP contribution in [0.5, 0.6) is 0 Å². The SMILES string of the molecule is CC(=O)c1cc(NCCCc2c(N)nc(N)[nH]c2=O)ccc1C=CC(=O)O. The van der Waals surface area contributed by atoms with Gasteiger partial charge in [0.25, 0.3) is 5.56 Å². The fourth-order valence-electron chi connectivity index (χ4n) is 2.55. The quantitative estimate of drug-likeness (QED) is 0.263. The molecule has 0 bridgehead atoms. The summed E-state index contributed by atoms with van der Waals surface area (Å²) in [6.07, 6.45) is 3.39. The predicted octanol–water partition coefficient (Wildman–Crippen LogP) is 1.28. The second-order valence-electron chi connectivity index (χ2n) is 5.88. The van der Waals surface area contributed by atoms with E-state index in [0.717, 1.165) is 6.08 Å². The molecule has 142 valence electrons. The molecular formula is C18H21N5O4. The number of ketones is 1. The van der Waals surface area contributed by atoms with Crippen molar-refractivity contribution in [2.75, 3.05) is 23.3 Å². The summed E-state index contributed by atoms with van der Waals surface area (Å²) in [5, 5.41) is 11.9. The van der Waals surface area contributed by atoms with E-state index < -0.39 is 5.97 Å². The van der Waals surface area contributed by atoms with E-state index in [0.29, 0.717) is 41.8 Å². The highest BCUT2D eigenvalue weighted by Crippen LogP contribution is 2.18. The van der Waals surface area contributed by atoms with Crippen LogP contribution in [0.1, 0.15) is 34.8 Å². The first-order valence-corrected chi connectivity index (χ1v) is 8.22. The lowest BCUT2D eigenvalue weighted by Crippen LogP contribution is -2.20. The molecule has 2 rings (SSSR count). The fourth-order valence-corrected chi connectivity index (χ4v) is 2.55. The molecule has 2 aromatic rings. The number of carboxylic acid groups (broad SMARTS) is 1. The van der Waals surface area contributed by atoms with Crippen molar-refractivity contribution in [3.05, 3.63) is 51.3 Å². The molecular weight excluding hydrogens is 350 g/mol. The Bertz CT molecular complexity index is 949. The lowest BCUT2D eigenvalue weighted by atomic mass is 10.0. The van der Waals surface area contributed by atoms with Gasteiger partial charge in [0.2, 0.25) is 5.95 Å². The Morgan fingerprint density at radius 2 is 2.07 bits per heavy atom. The molecule has 0 aliphatic heterocycles. The number of aromatic amines is 1. The topological polar surface area (TPSA) is 164 Å². The molecule has 1 aromatic heterocycles. The van der Waals surface area contributed by atoms with Crippen LogP contribution in [0, 0.1) is 0 Å². The normalized spacial score (nSPS) is 10.9. The fraction of sp³-hybridized carbons (Fsp3) is 0.222. The minimum atomic E-state index is -1.09. The van der Waals surface area contributed by atoms with Crippen LogP contribution in [-0.4, -0.2) is 33.4 Å². The number of aromatic nitrogens is 2. The number of H-pyrrole nitrogens is 1. The second kappa shape index (κ2) is 8.65. The van der Waals surface area contributed by atoms with E-state index in [9.17, 15) is 14.4 Å². The first kappa shape index (κ1) is 19.7. The van der Waals surface area contributed by atoms with Gasteiger partial charge in [-0.15, -0.1) is 0 Å². The molecule has 0 atom stereocenters. The molecule has 9 heteroatoms. The Hall–Kier alpha value is -3.62. The Morgan fingerprint density at radius 1 is 1.33 bits per heavy atom. The van der Waals surface area contributed by atoms with Gasteiger partial charge in [0.15, 0.2) is 5.78 Å². The van der Waals surface area contributed by atoms with Crippen molar-refractivity contribution in [1.29, 1.82) is 0 Å². The summed E-state index contributed by atoms with van der Waals surface area (Å²) in [6.45, 7) is 1.95. The number of carbonyl (C=O) groups excluding carboxylic acids is 1. The van der Waals surface area contributed by atoms with Crippen LogP contribution in [0.15, 0.2) is 29.1 Å². The Labute approximate surface area is 155 Å². The minimum Gasteiger partial charge on any atom is -0.478 e. The number of carboxylic acids is 1. The molecule has 0 amide bonds. The van der Waals surface area contributed by atoms with Crippen LogP contribution >= 0.6 is 0 Å². The van der Waals surface area contributed by atoms with Gasteiger partial charge in [0.1, 0.15) is 5.82 Å². The summed E-state index contributed by atoms with van der Waals surface area (Å²) in [5.41, 5.74) is 12.8. The number of rotatable bonds is 8. The molecule has 7 N–H and O–H groups in total. The molecule has 0 spiro atoms. The van der Waals surface area contributed by atoms with Gasteiger partial charge >= 0.3 is 5.97 Å². The summed E-state index contributed by atoms with van der Waals surface area (Å²) in [6, 6.07) is 5.08. The minimum absolute atomic E-state index is 0.0202. The van der Waals surface area contributed by atoms with Gasteiger partial charge in [-0.3, -0.25) is 14.6 Å². The highest BCUT2D eigenvalue weighted by molar-refractivity contribution is 5.99. The number of carbonyl (C=O) groups is 2. The maximum absolute atomic E-state index is 11.8. The molecule has 0 saturated heterocycles. The second-order valence-corrected chi connectivity index (χ2v) is 5.88. The number of anilines is 3. The zero-order chi connectivity index (χ0) is 20.0.